The van der Waals surface area contributed by atoms with Gasteiger partial charge in [-0.05, 0) is 49.8 Å². The third kappa shape index (κ3) is 4.28. The first-order valence-electron chi connectivity index (χ1n) is 9.02. The average Bonchev–Trinajstić information content (AvgIpc) is 3.01. The van der Waals surface area contributed by atoms with Crippen molar-refractivity contribution in [1.29, 1.82) is 0 Å². The molecule has 3 aromatic rings. The van der Waals surface area contributed by atoms with Crippen molar-refractivity contribution in [1.82, 2.24) is 9.55 Å². The largest absolute Gasteiger partial charge is 0.486 e. The van der Waals surface area contributed by atoms with Crippen molar-refractivity contribution in [3.05, 3.63) is 65.5 Å². The highest BCUT2D eigenvalue weighted by Gasteiger charge is 2.15. The third-order valence-corrected chi connectivity index (χ3v) is 4.31. The predicted molar refractivity (Wildman–Crippen MR) is 107 cm³/mol. The van der Waals surface area contributed by atoms with Gasteiger partial charge in [0.15, 0.2) is 5.78 Å². The lowest BCUT2D eigenvalue weighted by molar-refractivity contribution is -0.139. The fourth-order valence-corrected chi connectivity index (χ4v) is 2.81. The number of hydrogen-bond acceptors (Lipinski definition) is 5. The van der Waals surface area contributed by atoms with Crippen molar-refractivity contribution in [2.45, 2.75) is 20.5 Å². The van der Waals surface area contributed by atoms with E-state index in [1.165, 1.54) is 13.0 Å². The number of imidazole rings is 1. The summed E-state index contributed by atoms with van der Waals surface area (Å²) in [6.07, 6.45) is 1.52. The fourth-order valence-electron chi connectivity index (χ4n) is 2.81. The van der Waals surface area contributed by atoms with Crippen LogP contribution in [0.15, 0.2) is 54.1 Å². The number of nitrogens with zero attached hydrogens (tertiary/aromatic N) is 2. The first-order chi connectivity index (χ1) is 13.5. The number of carbonyl (C=O) groups excluding carboxylic acids is 2. The summed E-state index contributed by atoms with van der Waals surface area (Å²) >= 11 is 0. The topological polar surface area (TPSA) is 70.4 Å². The number of fused-ring (bicyclic) bond motifs is 1. The van der Waals surface area contributed by atoms with Crippen LogP contribution in [0.4, 0.5) is 0 Å². The number of aromatic nitrogens is 2. The Labute approximate surface area is 163 Å². The normalized spacial score (nSPS) is 11.5. The van der Waals surface area contributed by atoms with Crippen molar-refractivity contribution in [2.75, 3.05) is 6.61 Å². The molecule has 2 aromatic carbocycles. The molecule has 6 nitrogen and oxygen atoms in total. The second-order valence-corrected chi connectivity index (χ2v) is 6.27. The maximum Gasteiger partial charge on any atom is 0.341 e. The van der Waals surface area contributed by atoms with E-state index in [9.17, 15) is 9.59 Å². The lowest BCUT2D eigenvalue weighted by Gasteiger charge is -2.07. The Morgan fingerprint density at radius 2 is 1.82 bits per heavy atom. The number of benzene rings is 2. The lowest BCUT2D eigenvalue weighted by Crippen LogP contribution is -2.13. The number of hydrogen-bond donors (Lipinski definition) is 0. The highest BCUT2D eigenvalue weighted by molar-refractivity contribution is 6.19. The van der Waals surface area contributed by atoms with E-state index in [-0.39, 0.29) is 18.0 Å². The van der Waals surface area contributed by atoms with Crippen molar-refractivity contribution >= 4 is 28.9 Å². The quantitative estimate of drug-likeness (QED) is 0.271. The molecule has 0 atom stereocenters. The van der Waals surface area contributed by atoms with E-state index in [1.54, 1.807) is 31.2 Å². The zero-order valence-corrected chi connectivity index (χ0v) is 16.1. The zero-order chi connectivity index (χ0) is 20.1. The SMILES string of the molecule is CCOC(=O)C(=Cc1ccc(OCc2nc3ccccc3n2C)cc1)C(C)=O. The molecule has 0 radical (unpaired) electrons. The van der Waals surface area contributed by atoms with Gasteiger partial charge in [0.05, 0.1) is 17.6 Å². The Bertz CT molecular complexity index is 1030. The zero-order valence-electron chi connectivity index (χ0n) is 16.1. The molecular formula is C22H22N2O4. The Kier molecular flexibility index (Phi) is 5.89. The molecule has 0 aliphatic rings. The summed E-state index contributed by atoms with van der Waals surface area (Å²) in [4.78, 5) is 28.1. The molecule has 0 N–H and O–H groups in total. The smallest absolute Gasteiger partial charge is 0.341 e. The Morgan fingerprint density at radius 3 is 2.46 bits per heavy atom. The third-order valence-electron chi connectivity index (χ3n) is 4.31. The highest BCUT2D eigenvalue weighted by atomic mass is 16.5. The van der Waals surface area contributed by atoms with E-state index in [2.05, 4.69) is 4.98 Å². The average molecular weight is 378 g/mol. The number of ketones is 1. The van der Waals surface area contributed by atoms with E-state index in [4.69, 9.17) is 9.47 Å². The molecule has 0 aliphatic heterocycles. The summed E-state index contributed by atoms with van der Waals surface area (Å²) < 4.78 is 12.8. The maximum absolute atomic E-state index is 11.9. The Hall–Kier alpha value is -3.41. The fraction of sp³-hybridized carbons (Fsp3) is 0.227. The maximum atomic E-state index is 11.9. The standard InChI is InChI=1S/C22H22N2O4/c1-4-27-22(26)18(15(2)25)13-16-9-11-17(12-10-16)28-14-21-23-19-7-5-6-8-20(19)24(21)3/h5-13H,4,14H2,1-3H3. The molecule has 1 heterocycles. The first-order valence-corrected chi connectivity index (χ1v) is 9.02. The number of Topliss-reactive ketones (excluding diaryl/α,β-unsaturated/α-hetero) is 1. The van der Waals surface area contributed by atoms with Gasteiger partial charge in [-0.3, -0.25) is 4.79 Å². The van der Waals surface area contributed by atoms with Crippen LogP contribution in [0.25, 0.3) is 17.1 Å². The second kappa shape index (κ2) is 8.52. The van der Waals surface area contributed by atoms with Gasteiger partial charge in [0.1, 0.15) is 23.8 Å². The lowest BCUT2D eigenvalue weighted by atomic mass is 10.1. The number of ether oxygens (including phenoxy) is 2. The summed E-state index contributed by atoms with van der Waals surface area (Å²) in [5.74, 6) is 0.550. The molecule has 0 aliphatic carbocycles. The monoisotopic (exact) mass is 378 g/mol. The van der Waals surface area contributed by atoms with Crippen LogP contribution in [0.5, 0.6) is 5.75 Å². The van der Waals surface area contributed by atoms with Crippen LogP contribution in [0.3, 0.4) is 0 Å². The Balaban J connectivity index is 1.71. The number of para-hydroxylation sites is 2. The van der Waals surface area contributed by atoms with Crippen LogP contribution in [0, 0.1) is 0 Å². The molecule has 0 unspecified atom stereocenters. The number of aryl methyl sites for hydroxylation is 1. The van der Waals surface area contributed by atoms with Gasteiger partial charge in [-0.25, -0.2) is 9.78 Å². The van der Waals surface area contributed by atoms with Crippen LogP contribution in [-0.4, -0.2) is 27.9 Å². The molecule has 144 valence electrons. The minimum atomic E-state index is -0.614. The molecule has 0 spiro atoms. The van der Waals surface area contributed by atoms with Gasteiger partial charge in [0, 0.05) is 7.05 Å². The van der Waals surface area contributed by atoms with Crippen molar-refractivity contribution in [2.24, 2.45) is 7.05 Å². The van der Waals surface area contributed by atoms with Crippen molar-refractivity contribution in [3.63, 3.8) is 0 Å². The molecule has 0 bridgehead atoms. The molecule has 1 aromatic heterocycles. The van der Waals surface area contributed by atoms with Gasteiger partial charge < -0.3 is 14.0 Å². The summed E-state index contributed by atoms with van der Waals surface area (Å²) in [7, 11) is 1.96. The van der Waals surface area contributed by atoms with Crippen LogP contribution >= 0.6 is 0 Å². The van der Waals surface area contributed by atoms with Gasteiger partial charge in [-0.1, -0.05) is 24.3 Å². The molecule has 0 fully saturated rings. The molecule has 0 saturated carbocycles. The summed E-state index contributed by atoms with van der Waals surface area (Å²) in [6.45, 7) is 3.60. The molecule has 6 heteroatoms. The molecule has 0 saturated heterocycles. The van der Waals surface area contributed by atoms with Crippen molar-refractivity contribution < 1.29 is 19.1 Å². The van der Waals surface area contributed by atoms with E-state index >= 15 is 0 Å². The molecule has 28 heavy (non-hydrogen) atoms. The van der Waals surface area contributed by atoms with Gasteiger partial charge in [0.25, 0.3) is 0 Å². The van der Waals surface area contributed by atoms with Crippen LogP contribution < -0.4 is 4.74 Å². The van der Waals surface area contributed by atoms with E-state index in [1.807, 2.05) is 35.9 Å². The van der Waals surface area contributed by atoms with E-state index in [0.717, 1.165) is 16.9 Å². The minimum Gasteiger partial charge on any atom is -0.486 e. The first kappa shape index (κ1) is 19.4. The van der Waals surface area contributed by atoms with E-state index < -0.39 is 5.97 Å². The van der Waals surface area contributed by atoms with Crippen LogP contribution in [0.2, 0.25) is 0 Å². The molecule has 3 rings (SSSR count). The number of rotatable bonds is 7. The van der Waals surface area contributed by atoms with Crippen LogP contribution in [-0.2, 0) is 28.0 Å². The van der Waals surface area contributed by atoms with Gasteiger partial charge in [0.2, 0.25) is 0 Å². The molecule has 0 amide bonds. The number of esters is 1. The summed E-state index contributed by atoms with van der Waals surface area (Å²) in [5, 5.41) is 0. The van der Waals surface area contributed by atoms with Gasteiger partial charge >= 0.3 is 5.97 Å². The summed E-state index contributed by atoms with van der Waals surface area (Å²) in [5.41, 5.74) is 2.72. The van der Waals surface area contributed by atoms with Crippen LogP contribution in [0.1, 0.15) is 25.2 Å². The summed E-state index contributed by atoms with van der Waals surface area (Å²) in [6, 6.07) is 15.1. The van der Waals surface area contributed by atoms with Crippen molar-refractivity contribution in [3.8, 4) is 5.75 Å². The highest BCUT2D eigenvalue weighted by Crippen LogP contribution is 2.19. The number of carbonyl (C=O) groups is 2. The molecular weight excluding hydrogens is 356 g/mol. The second-order valence-electron chi connectivity index (χ2n) is 6.27. The Morgan fingerprint density at radius 1 is 1.11 bits per heavy atom. The van der Waals surface area contributed by atoms with Gasteiger partial charge in [-0.15, -0.1) is 0 Å². The minimum absolute atomic E-state index is 0.0234. The predicted octanol–water partition coefficient (Wildman–Crippen LogP) is 3.69. The van der Waals surface area contributed by atoms with E-state index in [0.29, 0.717) is 17.9 Å². The van der Waals surface area contributed by atoms with Gasteiger partial charge in [-0.2, -0.15) is 0 Å².